The highest BCUT2D eigenvalue weighted by molar-refractivity contribution is 8.15. The van der Waals surface area contributed by atoms with Crippen molar-refractivity contribution in [3.05, 3.63) is 29.8 Å². The van der Waals surface area contributed by atoms with Crippen LogP contribution in [0.4, 0.5) is 10.5 Å². The monoisotopic (exact) mass is 314 g/mol. The molecule has 1 aromatic carbocycles. The molecule has 1 fully saturated rings. The van der Waals surface area contributed by atoms with E-state index < -0.39 is 17.3 Å². The number of halogens is 1. The molecule has 1 atom stereocenters. The summed E-state index contributed by atoms with van der Waals surface area (Å²) in [5.74, 6) is -1.36. The standard InChI is InChI=1S/C12H11ClN2O4S/c13-5-6-15-10(16)9(20-12(15)19)14-8-4-2-1-3-7(8)11(17)18/h1-4,9,14H,5-6H2,(H,17,18)/t9-/m0/s1. The molecule has 1 aromatic rings. The first-order valence-corrected chi connectivity index (χ1v) is 7.13. The molecule has 106 valence electrons. The maximum absolute atomic E-state index is 12.0. The zero-order valence-corrected chi connectivity index (χ0v) is 11.8. The van der Waals surface area contributed by atoms with E-state index in [2.05, 4.69) is 5.32 Å². The molecule has 2 amide bonds. The zero-order chi connectivity index (χ0) is 14.7. The van der Waals surface area contributed by atoms with Crippen LogP contribution in [0.3, 0.4) is 0 Å². The van der Waals surface area contributed by atoms with E-state index in [1.807, 2.05) is 0 Å². The summed E-state index contributed by atoms with van der Waals surface area (Å²) in [5, 5.41) is 10.6. The number of nitrogens with zero attached hydrogens (tertiary/aromatic N) is 1. The van der Waals surface area contributed by atoms with Crippen LogP contribution in [0.25, 0.3) is 0 Å². The number of nitrogens with one attached hydrogen (secondary N) is 1. The van der Waals surface area contributed by atoms with Gasteiger partial charge in [-0.2, -0.15) is 0 Å². The first-order chi connectivity index (χ1) is 9.54. The van der Waals surface area contributed by atoms with Gasteiger partial charge in [-0.25, -0.2) is 4.79 Å². The molecule has 2 rings (SSSR count). The lowest BCUT2D eigenvalue weighted by atomic mass is 10.2. The fourth-order valence-corrected chi connectivity index (χ4v) is 2.85. The number of rotatable bonds is 5. The normalized spacial score (nSPS) is 18.4. The van der Waals surface area contributed by atoms with Gasteiger partial charge in [0.15, 0.2) is 5.37 Å². The number of carbonyl (C=O) groups excluding carboxylic acids is 2. The van der Waals surface area contributed by atoms with Gasteiger partial charge in [0.2, 0.25) is 0 Å². The molecule has 2 N–H and O–H groups in total. The van der Waals surface area contributed by atoms with Gasteiger partial charge < -0.3 is 10.4 Å². The molecule has 1 heterocycles. The van der Waals surface area contributed by atoms with Crippen LogP contribution in [0.15, 0.2) is 24.3 Å². The van der Waals surface area contributed by atoms with E-state index in [1.165, 1.54) is 6.07 Å². The third-order valence-corrected chi connectivity index (χ3v) is 3.83. The highest BCUT2D eigenvalue weighted by Gasteiger charge is 2.39. The van der Waals surface area contributed by atoms with Crippen LogP contribution in [0.2, 0.25) is 0 Å². The van der Waals surface area contributed by atoms with Crippen LogP contribution in [-0.4, -0.2) is 44.9 Å². The minimum atomic E-state index is -1.10. The smallest absolute Gasteiger partial charge is 0.337 e. The largest absolute Gasteiger partial charge is 0.478 e. The molecule has 1 aliphatic heterocycles. The van der Waals surface area contributed by atoms with Crippen LogP contribution in [0, 0.1) is 0 Å². The average Bonchev–Trinajstić information content (AvgIpc) is 2.67. The Morgan fingerprint density at radius 1 is 1.40 bits per heavy atom. The summed E-state index contributed by atoms with van der Waals surface area (Å²) in [4.78, 5) is 35.8. The van der Waals surface area contributed by atoms with E-state index in [4.69, 9.17) is 16.7 Å². The number of amides is 2. The van der Waals surface area contributed by atoms with Crippen molar-refractivity contribution in [3.8, 4) is 0 Å². The van der Waals surface area contributed by atoms with Gasteiger partial charge in [0, 0.05) is 18.1 Å². The Morgan fingerprint density at radius 2 is 2.10 bits per heavy atom. The number of aromatic carboxylic acids is 1. The number of thioether (sulfide) groups is 1. The number of carboxylic acids is 1. The van der Waals surface area contributed by atoms with Gasteiger partial charge in [0.1, 0.15) is 0 Å². The summed E-state index contributed by atoms with van der Waals surface area (Å²) < 4.78 is 0. The van der Waals surface area contributed by atoms with E-state index in [0.29, 0.717) is 5.69 Å². The van der Waals surface area contributed by atoms with E-state index in [0.717, 1.165) is 16.7 Å². The Morgan fingerprint density at radius 3 is 2.75 bits per heavy atom. The van der Waals surface area contributed by atoms with Gasteiger partial charge >= 0.3 is 5.97 Å². The summed E-state index contributed by atoms with van der Waals surface area (Å²) in [5.41, 5.74) is 0.343. The van der Waals surface area contributed by atoms with Crippen molar-refractivity contribution in [2.75, 3.05) is 17.7 Å². The third kappa shape index (κ3) is 2.88. The summed E-state index contributed by atoms with van der Waals surface area (Å²) >= 11 is 6.35. The van der Waals surface area contributed by atoms with Crippen LogP contribution in [0.1, 0.15) is 10.4 Å². The van der Waals surface area contributed by atoms with Crippen molar-refractivity contribution >= 4 is 46.2 Å². The lowest BCUT2D eigenvalue weighted by molar-refractivity contribution is -0.126. The lowest BCUT2D eigenvalue weighted by Crippen LogP contribution is -2.35. The van der Waals surface area contributed by atoms with Crippen molar-refractivity contribution in [2.24, 2.45) is 0 Å². The Bertz CT molecular complexity index is 566. The molecule has 0 aromatic heterocycles. The van der Waals surface area contributed by atoms with Gasteiger partial charge in [-0.3, -0.25) is 14.5 Å². The molecule has 1 aliphatic rings. The predicted octanol–water partition coefficient (Wildman–Crippen LogP) is 2.06. The lowest BCUT2D eigenvalue weighted by Gasteiger charge is -2.14. The number of anilines is 1. The Balaban J connectivity index is 2.18. The number of carboxylic acid groups (broad SMARTS) is 1. The van der Waals surface area contributed by atoms with Crippen molar-refractivity contribution in [2.45, 2.75) is 5.37 Å². The Labute approximate surface area is 124 Å². The molecule has 0 spiro atoms. The maximum Gasteiger partial charge on any atom is 0.337 e. The van der Waals surface area contributed by atoms with Gasteiger partial charge in [-0.15, -0.1) is 11.6 Å². The van der Waals surface area contributed by atoms with Crippen LogP contribution >= 0.6 is 23.4 Å². The number of benzene rings is 1. The van der Waals surface area contributed by atoms with Crippen LogP contribution < -0.4 is 5.32 Å². The number of alkyl halides is 1. The molecule has 8 heteroatoms. The van der Waals surface area contributed by atoms with Gasteiger partial charge in [0.05, 0.1) is 5.56 Å². The molecule has 6 nitrogen and oxygen atoms in total. The van der Waals surface area contributed by atoms with Crippen molar-refractivity contribution in [1.29, 1.82) is 0 Å². The molecular formula is C12H11ClN2O4S. The number of hydrogen-bond acceptors (Lipinski definition) is 5. The number of imide groups is 1. The fourth-order valence-electron chi connectivity index (χ4n) is 1.76. The topological polar surface area (TPSA) is 86.7 Å². The summed E-state index contributed by atoms with van der Waals surface area (Å²) in [6, 6.07) is 6.21. The molecule has 0 aliphatic carbocycles. The summed E-state index contributed by atoms with van der Waals surface area (Å²) in [6.45, 7) is 0.144. The molecule has 0 unspecified atom stereocenters. The van der Waals surface area contributed by atoms with E-state index in [-0.39, 0.29) is 23.2 Å². The third-order valence-electron chi connectivity index (χ3n) is 2.68. The molecule has 20 heavy (non-hydrogen) atoms. The van der Waals surface area contributed by atoms with Crippen molar-refractivity contribution in [1.82, 2.24) is 4.90 Å². The molecule has 1 saturated heterocycles. The second kappa shape index (κ2) is 6.15. The fraction of sp³-hybridized carbons (Fsp3) is 0.250. The van der Waals surface area contributed by atoms with Gasteiger partial charge in [-0.1, -0.05) is 12.1 Å². The maximum atomic E-state index is 12.0. The van der Waals surface area contributed by atoms with E-state index >= 15 is 0 Å². The zero-order valence-electron chi connectivity index (χ0n) is 10.2. The van der Waals surface area contributed by atoms with Gasteiger partial charge in [-0.05, 0) is 23.9 Å². The molecule has 0 saturated carbocycles. The minimum absolute atomic E-state index is 0.0455. The van der Waals surface area contributed by atoms with Crippen molar-refractivity contribution < 1.29 is 19.5 Å². The second-order valence-corrected chi connectivity index (χ2v) is 5.37. The predicted molar refractivity (Wildman–Crippen MR) is 76.2 cm³/mol. The number of carbonyl (C=O) groups is 3. The molecule has 0 bridgehead atoms. The Kier molecular flexibility index (Phi) is 4.51. The quantitative estimate of drug-likeness (QED) is 0.809. The van der Waals surface area contributed by atoms with E-state index in [9.17, 15) is 14.4 Å². The number of para-hydroxylation sites is 1. The summed E-state index contributed by atoms with van der Waals surface area (Å²) in [7, 11) is 0. The first kappa shape index (κ1) is 14.7. The average molecular weight is 315 g/mol. The number of hydrogen-bond donors (Lipinski definition) is 2. The SMILES string of the molecule is O=C(O)c1ccccc1N[C@H]1SC(=O)N(CCCl)C1=O. The second-order valence-electron chi connectivity index (χ2n) is 3.94. The Hall–Kier alpha value is -1.73. The van der Waals surface area contributed by atoms with Gasteiger partial charge in [0.25, 0.3) is 11.1 Å². The van der Waals surface area contributed by atoms with Crippen LogP contribution in [-0.2, 0) is 4.79 Å². The van der Waals surface area contributed by atoms with Crippen molar-refractivity contribution in [3.63, 3.8) is 0 Å². The highest BCUT2D eigenvalue weighted by Crippen LogP contribution is 2.29. The minimum Gasteiger partial charge on any atom is -0.478 e. The summed E-state index contributed by atoms with van der Waals surface area (Å²) in [6.07, 6.45) is 0. The highest BCUT2D eigenvalue weighted by atomic mass is 35.5. The first-order valence-electron chi connectivity index (χ1n) is 5.71. The van der Waals surface area contributed by atoms with Crippen LogP contribution in [0.5, 0.6) is 0 Å². The molecule has 0 radical (unpaired) electrons. The van der Waals surface area contributed by atoms with E-state index in [1.54, 1.807) is 18.2 Å². The molecular weight excluding hydrogens is 304 g/mol.